The number of amides is 2. The Labute approximate surface area is 137 Å². The summed E-state index contributed by atoms with van der Waals surface area (Å²) >= 11 is 0. The average Bonchev–Trinajstić information content (AvgIpc) is 3.11. The van der Waals surface area contributed by atoms with Crippen LogP contribution < -0.4 is 5.32 Å². The van der Waals surface area contributed by atoms with Crippen LogP contribution in [0.5, 0.6) is 0 Å². The van der Waals surface area contributed by atoms with Crippen LogP contribution in [0.3, 0.4) is 0 Å². The molecule has 0 radical (unpaired) electrons. The minimum absolute atomic E-state index is 0.0855. The number of hydrogen-bond acceptors (Lipinski definition) is 7. The molecule has 1 fully saturated rings. The molecule has 2 rings (SSSR count). The van der Waals surface area contributed by atoms with Gasteiger partial charge in [0.2, 0.25) is 6.10 Å². The van der Waals surface area contributed by atoms with Gasteiger partial charge in [-0.3, -0.25) is 9.78 Å². The molecule has 0 spiro atoms. The summed E-state index contributed by atoms with van der Waals surface area (Å²) < 4.78 is 5.32. The normalized spacial score (nSPS) is 14.8. The fourth-order valence-corrected chi connectivity index (χ4v) is 2.27. The fraction of sp³-hybridized carbons (Fsp3) is 0.500. The Hall–Kier alpha value is -2.91. The maximum absolute atomic E-state index is 12.3. The van der Waals surface area contributed by atoms with E-state index in [4.69, 9.17) is 4.74 Å². The highest BCUT2D eigenvalue weighted by Gasteiger charge is 2.28. The molecule has 1 unspecified atom stereocenters. The van der Waals surface area contributed by atoms with E-state index in [-0.39, 0.29) is 13.2 Å². The van der Waals surface area contributed by atoms with Crippen LogP contribution in [0.4, 0.5) is 4.79 Å². The first-order chi connectivity index (χ1) is 11.6. The Bertz CT molecular complexity index is 576. The van der Waals surface area contributed by atoms with Crippen molar-refractivity contribution in [1.82, 2.24) is 15.2 Å². The zero-order valence-electron chi connectivity index (χ0n) is 12.9. The Morgan fingerprint density at radius 3 is 2.79 bits per heavy atom. The maximum atomic E-state index is 12.3. The SMILES string of the molecule is O=C(NCCO[N+](=O)[O-])C(OC(=O)N1CCCC1)c1cccnc1. The molecule has 1 atom stereocenters. The van der Waals surface area contributed by atoms with Gasteiger partial charge in [-0.2, -0.15) is 0 Å². The Kier molecular flexibility index (Phi) is 6.29. The molecule has 2 heterocycles. The van der Waals surface area contributed by atoms with E-state index in [2.05, 4.69) is 15.1 Å². The molecule has 2 amide bonds. The van der Waals surface area contributed by atoms with Crippen molar-refractivity contribution in [2.24, 2.45) is 0 Å². The van der Waals surface area contributed by atoms with Gasteiger partial charge in [0, 0.05) is 37.6 Å². The second-order valence-corrected chi connectivity index (χ2v) is 5.09. The molecule has 130 valence electrons. The second-order valence-electron chi connectivity index (χ2n) is 5.09. The second kappa shape index (κ2) is 8.65. The minimum atomic E-state index is -1.18. The number of likely N-dealkylation sites (tertiary alicyclic amines) is 1. The van der Waals surface area contributed by atoms with Gasteiger partial charge in [-0.25, -0.2) is 4.79 Å². The molecular weight excluding hydrogens is 320 g/mol. The number of pyridine rings is 1. The zero-order valence-corrected chi connectivity index (χ0v) is 12.9. The van der Waals surface area contributed by atoms with E-state index in [1.54, 1.807) is 12.1 Å². The molecule has 1 aromatic heterocycles. The highest BCUT2D eigenvalue weighted by molar-refractivity contribution is 5.84. The number of nitrogens with zero attached hydrogens (tertiary/aromatic N) is 3. The largest absolute Gasteiger partial charge is 0.431 e. The van der Waals surface area contributed by atoms with Gasteiger partial charge < -0.3 is 19.8 Å². The van der Waals surface area contributed by atoms with Crippen molar-refractivity contribution >= 4 is 12.0 Å². The van der Waals surface area contributed by atoms with Crippen LogP contribution >= 0.6 is 0 Å². The van der Waals surface area contributed by atoms with Crippen molar-refractivity contribution in [2.45, 2.75) is 18.9 Å². The standard InChI is InChI=1S/C14H18N4O6/c19-13(16-6-9-23-18(21)22)12(11-4-3-5-15-10-11)24-14(20)17-7-1-2-8-17/h3-5,10,12H,1-2,6-9H2,(H,16,19). The third-order valence-electron chi connectivity index (χ3n) is 3.41. The molecule has 10 nitrogen and oxygen atoms in total. The average molecular weight is 338 g/mol. The lowest BCUT2D eigenvalue weighted by Gasteiger charge is -2.21. The van der Waals surface area contributed by atoms with Crippen molar-refractivity contribution in [2.75, 3.05) is 26.2 Å². The van der Waals surface area contributed by atoms with Crippen molar-refractivity contribution in [3.63, 3.8) is 0 Å². The van der Waals surface area contributed by atoms with E-state index in [0.717, 1.165) is 12.8 Å². The van der Waals surface area contributed by atoms with E-state index in [0.29, 0.717) is 18.7 Å². The van der Waals surface area contributed by atoms with Gasteiger partial charge in [0.25, 0.3) is 11.0 Å². The van der Waals surface area contributed by atoms with E-state index in [9.17, 15) is 19.7 Å². The van der Waals surface area contributed by atoms with Crippen LogP contribution in [-0.2, 0) is 14.4 Å². The van der Waals surface area contributed by atoms with Gasteiger partial charge in [-0.1, -0.05) is 6.07 Å². The molecule has 1 aliphatic rings. The molecule has 0 bridgehead atoms. The molecule has 0 aromatic carbocycles. The number of ether oxygens (including phenoxy) is 1. The van der Waals surface area contributed by atoms with Crippen LogP contribution in [0, 0.1) is 10.1 Å². The van der Waals surface area contributed by atoms with Crippen LogP contribution in [-0.4, -0.2) is 53.2 Å². The molecule has 1 N–H and O–H groups in total. The highest BCUT2D eigenvalue weighted by atomic mass is 16.9. The Morgan fingerprint density at radius 1 is 1.42 bits per heavy atom. The van der Waals surface area contributed by atoms with Crippen LogP contribution in [0.25, 0.3) is 0 Å². The van der Waals surface area contributed by atoms with Gasteiger partial charge in [0.1, 0.15) is 6.61 Å². The summed E-state index contributed by atoms with van der Waals surface area (Å²) in [4.78, 5) is 44.1. The number of carbonyl (C=O) groups is 2. The first-order valence-corrected chi connectivity index (χ1v) is 7.48. The summed E-state index contributed by atoms with van der Waals surface area (Å²) in [6.07, 6.45) is 3.01. The summed E-state index contributed by atoms with van der Waals surface area (Å²) in [6, 6.07) is 3.23. The van der Waals surface area contributed by atoms with Gasteiger partial charge in [0.15, 0.2) is 0 Å². The fourth-order valence-electron chi connectivity index (χ4n) is 2.27. The van der Waals surface area contributed by atoms with Gasteiger partial charge in [0.05, 0.1) is 0 Å². The van der Waals surface area contributed by atoms with E-state index >= 15 is 0 Å². The molecule has 1 saturated heterocycles. The summed E-state index contributed by atoms with van der Waals surface area (Å²) in [7, 11) is 0. The molecule has 0 saturated carbocycles. The zero-order chi connectivity index (χ0) is 17.4. The summed E-state index contributed by atoms with van der Waals surface area (Å²) in [6.45, 7) is 0.810. The number of rotatable bonds is 7. The monoisotopic (exact) mass is 338 g/mol. The van der Waals surface area contributed by atoms with Crippen molar-refractivity contribution < 1.29 is 24.3 Å². The lowest BCUT2D eigenvalue weighted by Crippen LogP contribution is -2.37. The molecule has 1 aliphatic heterocycles. The molecule has 0 aliphatic carbocycles. The highest BCUT2D eigenvalue weighted by Crippen LogP contribution is 2.19. The quantitative estimate of drug-likeness (QED) is 0.440. The smallest absolute Gasteiger partial charge is 0.410 e. The van der Waals surface area contributed by atoms with Gasteiger partial charge in [-0.05, 0) is 18.9 Å². The van der Waals surface area contributed by atoms with Crippen LogP contribution in [0.15, 0.2) is 24.5 Å². The Morgan fingerprint density at radius 2 is 2.17 bits per heavy atom. The van der Waals surface area contributed by atoms with E-state index in [1.807, 2.05) is 0 Å². The van der Waals surface area contributed by atoms with Crippen molar-refractivity contribution in [3.05, 3.63) is 40.2 Å². The number of aromatic nitrogens is 1. The lowest BCUT2D eigenvalue weighted by molar-refractivity contribution is -0.757. The first kappa shape index (κ1) is 17.4. The molecule has 1 aromatic rings. The van der Waals surface area contributed by atoms with Crippen molar-refractivity contribution in [1.29, 1.82) is 0 Å². The van der Waals surface area contributed by atoms with E-state index < -0.39 is 23.2 Å². The van der Waals surface area contributed by atoms with Gasteiger partial charge >= 0.3 is 6.09 Å². The lowest BCUT2D eigenvalue weighted by atomic mass is 10.1. The number of hydrogen-bond donors (Lipinski definition) is 1. The first-order valence-electron chi connectivity index (χ1n) is 7.48. The Balaban J connectivity index is 1.98. The third-order valence-corrected chi connectivity index (χ3v) is 3.41. The summed E-state index contributed by atoms with van der Waals surface area (Å²) in [5, 5.41) is 11.6. The minimum Gasteiger partial charge on any atom is -0.431 e. The number of nitrogens with one attached hydrogen (secondary N) is 1. The summed E-state index contributed by atoms with van der Waals surface area (Å²) in [5.74, 6) is -0.595. The number of carbonyl (C=O) groups excluding carboxylic acids is 2. The van der Waals surface area contributed by atoms with Gasteiger partial charge in [-0.15, -0.1) is 10.1 Å². The molecule has 10 heteroatoms. The van der Waals surface area contributed by atoms with Crippen LogP contribution in [0.2, 0.25) is 0 Å². The van der Waals surface area contributed by atoms with E-state index in [1.165, 1.54) is 17.3 Å². The topological polar surface area (TPSA) is 124 Å². The van der Waals surface area contributed by atoms with Crippen LogP contribution in [0.1, 0.15) is 24.5 Å². The van der Waals surface area contributed by atoms with Crippen molar-refractivity contribution in [3.8, 4) is 0 Å². The third kappa shape index (κ3) is 5.07. The predicted octanol–water partition coefficient (Wildman–Crippen LogP) is 0.680. The maximum Gasteiger partial charge on any atom is 0.410 e. The predicted molar refractivity (Wildman–Crippen MR) is 80.2 cm³/mol. The molecular formula is C14H18N4O6. The summed E-state index contributed by atoms with van der Waals surface area (Å²) in [5.41, 5.74) is 0.415. The molecule has 24 heavy (non-hydrogen) atoms.